The second kappa shape index (κ2) is 13.1. The molecule has 0 bridgehead atoms. The number of aromatic amines is 1. The maximum atomic E-state index is 12.1. The lowest BCUT2D eigenvalue weighted by molar-refractivity contribution is -0.155. The van der Waals surface area contributed by atoms with Crippen LogP contribution in [0, 0.1) is 0 Å². The molecule has 3 unspecified atom stereocenters. The lowest BCUT2D eigenvalue weighted by Gasteiger charge is -2.33. The number of nitrogens with two attached hydrogens (primary N) is 2. The number of hydrogen-bond acceptors (Lipinski definition) is 7. The van der Waals surface area contributed by atoms with E-state index in [-0.39, 0.29) is 6.42 Å². The average molecular weight is 425 g/mol. The number of aromatic nitrogens is 2. The van der Waals surface area contributed by atoms with Crippen molar-refractivity contribution in [2.75, 3.05) is 0 Å². The zero-order valence-electron chi connectivity index (χ0n) is 17.8. The first-order valence-electron chi connectivity index (χ1n) is 10.5. The Morgan fingerprint density at radius 3 is 2.57 bits per heavy atom. The van der Waals surface area contributed by atoms with Gasteiger partial charge in [0.25, 0.3) is 0 Å². The van der Waals surface area contributed by atoms with Gasteiger partial charge in [0.15, 0.2) is 5.54 Å². The lowest BCUT2D eigenvalue weighted by Crippen LogP contribution is -2.63. The second-order valence-electron chi connectivity index (χ2n) is 7.68. The van der Waals surface area contributed by atoms with Gasteiger partial charge < -0.3 is 31.4 Å². The minimum absolute atomic E-state index is 0.0736. The van der Waals surface area contributed by atoms with Crippen LogP contribution < -0.4 is 11.5 Å². The summed E-state index contributed by atoms with van der Waals surface area (Å²) in [5, 5.41) is 20.8. The summed E-state index contributed by atoms with van der Waals surface area (Å²) in [6.45, 7) is 5.44. The topological polar surface area (TPSA) is 165 Å². The molecule has 0 saturated heterocycles. The van der Waals surface area contributed by atoms with E-state index in [1.807, 2.05) is 0 Å². The minimum Gasteiger partial charge on any atom is -0.434 e. The highest BCUT2D eigenvalue weighted by Crippen LogP contribution is 2.20. The number of nitrogens with zero attached hydrogens (tertiary/aromatic N) is 1. The third-order valence-electron chi connectivity index (χ3n) is 5.09. The monoisotopic (exact) mass is 424 g/mol. The van der Waals surface area contributed by atoms with Crippen LogP contribution in [0.3, 0.4) is 0 Å². The van der Waals surface area contributed by atoms with Crippen LogP contribution in [-0.4, -0.2) is 49.8 Å². The first kappa shape index (κ1) is 25.8. The normalized spacial score (nSPS) is 15.2. The van der Waals surface area contributed by atoms with E-state index >= 15 is 0 Å². The number of aliphatic hydroxyl groups is 2. The van der Waals surface area contributed by atoms with Crippen LogP contribution in [0.2, 0.25) is 0 Å². The average Bonchev–Trinajstić information content (AvgIpc) is 3.15. The van der Waals surface area contributed by atoms with Crippen LogP contribution in [0.5, 0.6) is 0 Å². The highest BCUT2D eigenvalue weighted by atomic mass is 16.5. The number of aliphatic hydroxyl groups excluding tert-OH is 2. The minimum atomic E-state index is -2.18. The molecule has 9 heteroatoms. The highest BCUT2D eigenvalue weighted by Gasteiger charge is 2.47. The number of amides is 1. The molecule has 0 spiro atoms. The molecule has 1 rings (SSSR count). The van der Waals surface area contributed by atoms with Gasteiger partial charge in [0, 0.05) is 18.3 Å². The summed E-state index contributed by atoms with van der Waals surface area (Å²) in [6, 6.07) is 0. The largest absolute Gasteiger partial charge is 0.434 e. The van der Waals surface area contributed by atoms with Gasteiger partial charge in [-0.3, -0.25) is 4.79 Å². The van der Waals surface area contributed by atoms with Crippen molar-refractivity contribution >= 4 is 11.9 Å². The van der Waals surface area contributed by atoms with E-state index < -0.39 is 36.0 Å². The van der Waals surface area contributed by atoms with Crippen molar-refractivity contribution in [1.29, 1.82) is 0 Å². The molecule has 1 aromatic heterocycles. The molecule has 0 aliphatic carbocycles. The Kier molecular flexibility index (Phi) is 11.3. The molecule has 0 aromatic carbocycles. The second-order valence-corrected chi connectivity index (χ2v) is 7.68. The third kappa shape index (κ3) is 8.25. The van der Waals surface area contributed by atoms with Crippen molar-refractivity contribution < 1.29 is 24.5 Å². The summed E-state index contributed by atoms with van der Waals surface area (Å²) in [6.07, 6.45) is 7.36. The molecule has 9 nitrogen and oxygen atoms in total. The number of nitrogens with one attached hydrogen (secondary N) is 1. The summed E-state index contributed by atoms with van der Waals surface area (Å²) in [4.78, 5) is 30.9. The van der Waals surface area contributed by atoms with Crippen molar-refractivity contribution in [2.45, 2.75) is 88.9 Å². The molecule has 0 aliphatic rings. The van der Waals surface area contributed by atoms with E-state index in [4.69, 9.17) is 11.5 Å². The number of esters is 1. The standard InChI is InChI=1S/C21H36N4O5/c1-3-5-6-7-8-9-10-15-14-24-18(25-15)12-11-16(26)19(28)21(23,13-17(22)27)20(29)30-4-2/h4,14,16,19,26,28H,2-3,5-13,23H2,1H3,(H2,22,27)(H,24,25). The number of imidazole rings is 1. The fourth-order valence-electron chi connectivity index (χ4n) is 3.31. The number of aryl methyl sites for hydroxylation is 2. The van der Waals surface area contributed by atoms with Crippen molar-refractivity contribution in [1.82, 2.24) is 9.97 Å². The van der Waals surface area contributed by atoms with E-state index in [0.717, 1.165) is 24.8 Å². The maximum absolute atomic E-state index is 12.1. The molecule has 1 aromatic rings. The van der Waals surface area contributed by atoms with Crippen molar-refractivity contribution in [3.8, 4) is 0 Å². The smallest absolute Gasteiger partial charge is 0.334 e. The third-order valence-corrected chi connectivity index (χ3v) is 5.09. The van der Waals surface area contributed by atoms with Gasteiger partial charge >= 0.3 is 5.97 Å². The zero-order valence-corrected chi connectivity index (χ0v) is 17.8. The quantitative estimate of drug-likeness (QED) is 0.151. The first-order valence-corrected chi connectivity index (χ1v) is 10.5. The number of carbonyl (C=O) groups is 2. The lowest BCUT2D eigenvalue weighted by atomic mass is 9.85. The van der Waals surface area contributed by atoms with Crippen LogP contribution in [-0.2, 0) is 27.2 Å². The fourth-order valence-corrected chi connectivity index (χ4v) is 3.31. The molecule has 0 fully saturated rings. The van der Waals surface area contributed by atoms with E-state index in [9.17, 15) is 19.8 Å². The number of carbonyl (C=O) groups excluding carboxylic acids is 2. The van der Waals surface area contributed by atoms with Crippen molar-refractivity contribution in [3.05, 3.63) is 30.6 Å². The Bertz CT molecular complexity index is 678. The highest BCUT2D eigenvalue weighted by molar-refractivity contribution is 5.89. The van der Waals surface area contributed by atoms with Gasteiger partial charge in [0.2, 0.25) is 5.91 Å². The van der Waals surface area contributed by atoms with Crippen LogP contribution in [0.15, 0.2) is 19.0 Å². The van der Waals surface area contributed by atoms with Gasteiger partial charge in [-0.1, -0.05) is 45.6 Å². The van der Waals surface area contributed by atoms with Crippen molar-refractivity contribution in [2.24, 2.45) is 11.5 Å². The number of primary amides is 1. The molecule has 3 atom stereocenters. The summed E-state index contributed by atoms with van der Waals surface area (Å²) in [7, 11) is 0. The van der Waals surface area contributed by atoms with Gasteiger partial charge in [0.1, 0.15) is 11.9 Å². The Hall–Kier alpha value is -2.23. The van der Waals surface area contributed by atoms with Crippen molar-refractivity contribution in [3.63, 3.8) is 0 Å². The number of H-pyrrole nitrogens is 1. The summed E-state index contributed by atoms with van der Waals surface area (Å²) in [5.74, 6) is -1.34. The Balaban J connectivity index is 2.56. The van der Waals surface area contributed by atoms with Gasteiger partial charge in [-0.25, -0.2) is 9.78 Å². The molecule has 1 amide bonds. The van der Waals surface area contributed by atoms with E-state index in [1.165, 1.54) is 32.1 Å². The van der Waals surface area contributed by atoms with Crippen LogP contribution in [0.1, 0.15) is 69.8 Å². The summed E-state index contributed by atoms with van der Waals surface area (Å²) < 4.78 is 4.62. The molecular weight excluding hydrogens is 388 g/mol. The van der Waals surface area contributed by atoms with E-state index in [1.54, 1.807) is 6.20 Å². The Morgan fingerprint density at radius 1 is 1.27 bits per heavy atom. The molecule has 0 aliphatic heterocycles. The Labute approximate surface area is 177 Å². The molecule has 30 heavy (non-hydrogen) atoms. The van der Waals surface area contributed by atoms with Gasteiger partial charge in [-0.05, 0) is 19.3 Å². The van der Waals surface area contributed by atoms with Gasteiger partial charge in [-0.15, -0.1) is 0 Å². The summed E-state index contributed by atoms with van der Waals surface area (Å²) in [5.41, 5.74) is 9.86. The predicted molar refractivity (Wildman–Crippen MR) is 113 cm³/mol. The predicted octanol–water partition coefficient (Wildman–Crippen LogP) is 1.23. The number of hydrogen-bond donors (Lipinski definition) is 5. The molecule has 0 saturated carbocycles. The van der Waals surface area contributed by atoms with Crippen LogP contribution in [0.4, 0.5) is 0 Å². The Morgan fingerprint density at radius 2 is 1.93 bits per heavy atom. The number of rotatable bonds is 16. The van der Waals surface area contributed by atoms with E-state index in [0.29, 0.717) is 12.2 Å². The molecule has 0 radical (unpaired) electrons. The van der Waals surface area contributed by atoms with Gasteiger partial charge in [0.05, 0.1) is 18.8 Å². The fraction of sp³-hybridized carbons (Fsp3) is 0.667. The maximum Gasteiger partial charge on any atom is 0.334 e. The van der Waals surface area contributed by atoms with E-state index in [2.05, 4.69) is 28.2 Å². The van der Waals surface area contributed by atoms with Gasteiger partial charge in [-0.2, -0.15) is 0 Å². The summed E-state index contributed by atoms with van der Waals surface area (Å²) >= 11 is 0. The van der Waals surface area contributed by atoms with Crippen LogP contribution in [0.25, 0.3) is 0 Å². The molecule has 170 valence electrons. The first-order chi connectivity index (χ1) is 14.2. The molecular formula is C21H36N4O5. The molecule has 7 N–H and O–H groups in total. The zero-order chi connectivity index (χ0) is 22.6. The molecule has 1 heterocycles. The number of ether oxygens (including phenoxy) is 1. The SMILES string of the molecule is C=COC(=O)C(N)(CC(N)=O)C(O)C(O)CCc1ncc(CCCCCCCC)[nH]1. The number of unbranched alkanes of at least 4 members (excludes halogenated alkanes) is 5. The van der Waals surface area contributed by atoms with Crippen LogP contribution >= 0.6 is 0 Å².